The third-order valence-corrected chi connectivity index (χ3v) is 6.79. The van der Waals surface area contributed by atoms with E-state index in [-0.39, 0.29) is 11.3 Å². The quantitative estimate of drug-likeness (QED) is 0.275. The number of aliphatic hydroxyl groups is 1. The van der Waals surface area contributed by atoms with E-state index in [9.17, 15) is 14.7 Å². The van der Waals surface area contributed by atoms with Gasteiger partial charge in [0.05, 0.1) is 18.2 Å². The number of benzene rings is 2. The summed E-state index contributed by atoms with van der Waals surface area (Å²) in [5, 5.41) is 13.5. The van der Waals surface area contributed by atoms with Gasteiger partial charge in [0, 0.05) is 17.1 Å². The second-order valence-electron chi connectivity index (χ2n) is 8.95. The number of Topliss-reactive ketones (excluding diaryl/α,β-unsaturated/α-hetero) is 1. The van der Waals surface area contributed by atoms with Crippen LogP contribution in [0.4, 0.5) is 5.13 Å². The lowest BCUT2D eigenvalue weighted by Gasteiger charge is -2.24. The molecule has 1 N–H and O–H groups in total. The minimum absolute atomic E-state index is 0.0220. The summed E-state index contributed by atoms with van der Waals surface area (Å²) in [4.78, 5) is 32.1. The molecule has 1 amide bonds. The third kappa shape index (κ3) is 4.54. The molecule has 0 radical (unpaired) electrons. The summed E-state index contributed by atoms with van der Waals surface area (Å²) in [6.07, 6.45) is 2.47. The van der Waals surface area contributed by atoms with Crippen molar-refractivity contribution in [2.45, 2.75) is 26.3 Å². The maximum atomic E-state index is 13.3. The number of ketones is 1. The molecule has 1 saturated heterocycles. The first-order chi connectivity index (χ1) is 17.4. The van der Waals surface area contributed by atoms with E-state index in [4.69, 9.17) is 14.2 Å². The van der Waals surface area contributed by atoms with Crippen molar-refractivity contribution < 1.29 is 28.9 Å². The summed E-state index contributed by atoms with van der Waals surface area (Å²) in [7, 11) is 0. The Kier molecular flexibility index (Phi) is 6.65. The average molecular weight is 507 g/mol. The van der Waals surface area contributed by atoms with Gasteiger partial charge in [-0.05, 0) is 48.2 Å². The van der Waals surface area contributed by atoms with Crippen LogP contribution in [-0.4, -0.2) is 41.6 Å². The maximum absolute atomic E-state index is 13.3. The zero-order valence-electron chi connectivity index (χ0n) is 20.0. The van der Waals surface area contributed by atoms with Gasteiger partial charge in [-0.25, -0.2) is 4.98 Å². The van der Waals surface area contributed by atoms with E-state index < -0.39 is 17.7 Å². The summed E-state index contributed by atoms with van der Waals surface area (Å²) in [5.41, 5.74) is 0.961. The SMILES string of the molecule is CC(C)CCOc1cccc(C2C(=C(O)c3ccc4c(c3)OCCO4)C(=O)C(=O)N2c2nccs2)c1. The monoisotopic (exact) mass is 506 g/mol. The van der Waals surface area contributed by atoms with Crippen molar-refractivity contribution in [3.05, 3.63) is 70.7 Å². The second kappa shape index (κ2) is 10.0. The summed E-state index contributed by atoms with van der Waals surface area (Å²) in [6, 6.07) is 11.3. The lowest BCUT2D eigenvalue weighted by atomic mass is 9.95. The molecule has 9 heteroatoms. The van der Waals surface area contributed by atoms with E-state index >= 15 is 0 Å². The topological polar surface area (TPSA) is 98.2 Å². The summed E-state index contributed by atoms with van der Waals surface area (Å²) in [6.45, 7) is 5.62. The van der Waals surface area contributed by atoms with E-state index in [1.54, 1.807) is 35.8 Å². The number of nitrogens with zero attached hydrogens (tertiary/aromatic N) is 2. The Labute approximate surface area is 212 Å². The molecule has 3 aromatic rings. The predicted octanol–water partition coefficient (Wildman–Crippen LogP) is 4.97. The number of hydrogen-bond acceptors (Lipinski definition) is 8. The summed E-state index contributed by atoms with van der Waals surface area (Å²) < 4.78 is 17.1. The second-order valence-corrected chi connectivity index (χ2v) is 9.82. The van der Waals surface area contributed by atoms with Crippen molar-refractivity contribution in [1.29, 1.82) is 0 Å². The van der Waals surface area contributed by atoms with E-state index in [0.29, 0.717) is 59.2 Å². The van der Waals surface area contributed by atoms with Gasteiger partial charge < -0.3 is 19.3 Å². The molecule has 186 valence electrons. The molecule has 2 aliphatic heterocycles. The highest BCUT2D eigenvalue weighted by Gasteiger charge is 2.48. The first-order valence-electron chi connectivity index (χ1n) is 11.8. The van der Waals surface area contributed by atoms with Crippen LogP contribution >= 0.6 is 11.3 Å². The van der Waals surface area contributed by atoms with Crippen molar-refractivity contribution in [3.63, 3.8) is 0 Å². The number of ether oxygens (including phenoxy) is 3. The highest BCUT2D eigenvalue weighted by atomic mass is 32.1. The summed E-state index contributed by atoms with van der Waals surface area (Å²) in [5.74, 6) is 0.322. The molecule has 3 heterocycles. The fourth-order valence-corrected chi connectivity index (χ4v) is 4.88. The number of carbonyl (C=O) groups excluding carboxylic acids is 2. The predicted molar refractivity (Wildman–Crippen MR) is 136 cm³/mol. The lowest BCUT2D eigenvalue weighted by Crippen LogP contribution is -2.29. The van der Waals surface area contributed by atoms with E-state index in [1.807, 2.05) is 18.2 Å². The van der Waals surface area contributed by atoms with Crippen LogP contribution < -0.4 is 19.1 Å². The van der Waals surface area contributed by atoms with Gasteiger partial charge in [0.1, 0.15) is 24.7 Å². The molecule has 2 aromatic carbocycles. The Bertz CT molecular complexity index is 1320. The minimum atomic E-state index is -0.877. The van der Waals surface area contributed by atoms with Gasteiger partial charge in [0.25, 0.3) is 5.78 Å². The number of amides is 1. The number of rotatable bonds is 7. The number of thiazole rings is 1. The Morgan fingerprint density at radius 1 is 1.17 bits per heavy atom. The molecule has 0 bridgehead atoms. The molecule has 5 rings (SSSR count). The lowest BCUT2D eigenvalue weighted by molar-refractivity contribution is -0.132. The number of aliphatic hydroxyl groups excluding tert-OH is 1. The van der Waals surface area contributed by atoms with Crippen molar-refractivity contribution in [3.8, 4) is 17.2 Å². The zero-order valence-corrected chi connectivity index (χ0v) is 20.8. The Balaban J connectivity index is 1.60. The van der Waals surface area contributed by atoms with Crippen LogP contribution in [0.25, 0.3) is 5.76 Å². The molecule has 1 aromatic heterocycles. The van der Waals surface area contributed by atoms with Gasteiger partial charge in [-0.3, -0.25) is 14.5 Å². The first-order valence-corrected chi connectivity index (χ1v) is 12.6. The van der Waals surface area contributed by atoms with Crippen molar-refractivity contribution >= 4 is 33.9 Å². The van der Waals surface area contributed by atoms with E-state index in [2.05, 4.69) is 18.8 Å². The van der Waals surface area contributed by atoms with Gasteiger partial charge in [-0.15, -0.1) is 11.3 Å². The summed E-state index contributed by atoms with van der Waals surface area (Å²) >= 11 is 1.24. The molecule has 0 spiro atoms. The van der Waals surface area contributed by atoms with Gasteiger partial charge >= 0.3 is 5.91 Å². The first kappa shape index (κ1) is 23.9. The Hall–Kier alpha value is -3.85. The van der Waals surface area contributed by atoms with Gasteiger partial charge in [0.2, 0.25) is 0 Å². The molecule has 8 nitrogen and oxygen atoms in total. The van der Waals surface area contributed by atoms with Crippen molar-refractivity contribution in [1.82, 2.24) is 4.98 Å². The van der Waals surface area contributed by atoms with Crippen LogP contribution in [0.3, 0.4) is 0 Å². The van der Waals surface area contributed by atoms with Crippen LogP contribution in [0.5, 0.6) is 17.2 Å². The Morgan fingerprint density at radius 3 is 2.72 bits per heavy atom. The fraction of sp³-hybridized carbons (Fsp3) is 0.296. The maximum Gasteiger partial charge on any atom is 0.301 e. The minimum Gasteiger partial charge on any atom is -0.507 e. The Morgan fingerprint density at radius 2 is 1.97 bits per heavy atom. The standard InChI is InChI=1S/C27H26N2O6S/c1-16(2)8-10-33-19-5-3-4-17(14-19)23-22(25(31)26(32)29(23)27-28-9-13-36-27)24(30)18-6-7-20-21(15-18)35-12-11-34-20/h3-7,9,13-16,23,30H,8,10-12H2,1-2H3. The molecule has 1 atom stereocenters. The molecule has 1 fully saturated rings. The number of carbonyl (C=O) groups is 2. The smallest absolute Gasteiger partial charge is 0.301 e. The van der Waals surface area contributed by atoms with Gasteiger partial charge in [0.15, 0.2) is 16.6 Å². The van der Waals surface area contributed by atoms with Gasteiger partial charge in [-0.2, -0.15) is 0 Å². The zero-order chi connectivity index (χ0) is 25.2. The van der Waals surface area contributed by atoms with Crippen LogP contribution in [0, 0.1) is 5.92 Å². The van der Waals surface area contributed by atoms with E-state index in [1.165, 1.54) is 16.2 Å². The van der Waals surface area contributed by atoms with Crippen LogP contribution in [0.1, 0.15) is 37.4 Å². The fourth-order valence-electron chi connectivity index (χ4n) is 4.21. The largest absolute Gasteiger partial charge is 0.507 e. The molecule has 1 unspecified atom stereocenters. The van der Waals surface area contributed by atoms with Crippen LogP contribution in [-0.2, 0) is 9.59 Å². The number of aromatic nitrogens is 1. The molecule has 2 aliphatic rings. The molecular formula is C27H26N2O6S. The normalized spacial score (nSPS) is 18.6. The highest BCUT2D eigenvalue weighted by Crippen LogP contribution is 2.44. The molecule has 0 saturated carbocycles. The third-order valence-electron chi connectivity index (χ3n) is 6.02. The number of anilines is 1. The molecule has 0 aliphatic carbocycles. The van der Waals surface area contributed by atoms with Crippen molar-refractivity contribution in [2.75, 3.05) is 24.7 Å². The number of hydrogen-bond donors (Lipinski definition) is 1. The van der Waals surface area contributed by atoms with Crippen LogP contribution in [0.2, 0.25) is 0 Å². The van der Waals surface area contributed by atoms with Crippen LogP contribution in [0.15, 0.2) is 59.6 Å². The molecular weight excluding hydrogens is 480 g/mol. The average Bonchev–Trinajstić information content (AvgIpc) is 3.50. The van der Waals surface area contributed by atoms with Gasteiger partial charge in [-0.1, -0.05) is 26.0 Å². The van der Waals surface area contributed by atoms with Crippen molar-refractivity contribution in [2.24, 2.45) is 5.92 Å². The number of fused-ring (bicyclic) bond motifs is 1. The highest BCUT2D eigenvalue weighted by molar-refractivity contribution is 7.14. The van der Waals surface area contributed by atoms with E-state index in [0.717, 1.165) is 6.42 Å². The molecule has 36 heavy (non-hydrogen) atoms.